The van der Waals surface area contributed by atoms with Crippen LogP contribution in [0.5, 0.6) is 0 Å². The summed E-state index contributed by atoms with van der Waals surface area (Å²) in [6, 6.07) is 8.13. The third-order valence-corrected chi connectivity index (χ3v) is 4.69. The topological polar surface area (TPSA) is 65.9 Å². The van der Waals surface area contributed by atoms with Crippen molar-refractivity contribution < 1.29 is 9.84 Å². The molecule has 0 radical (unpaired) electrons. The third kappa shape index (κ3) is 4.61. The molecule has 134 valence electrons. The average molecular weight is 445 g/mol. The first kappa shape index (κ1) is 19.5. The van der Waals surface area contributed by atoms with Crippen LogP contribution in [0.25, 0.3) is 0 Å². The maximum absolute atomic E-state index is 11.0. The average Bonchev–Trinajstić information content (AvgIpc) is 3.20. The fourth-order valence-electron chi connectivity index (χ4n) is 3.40. The molecule has 0 aromatic heterocycles. The lowest BCUT2D eigenvalue weighted by Crippen LogP contribution is -2.42. The number of rotatable bonds is 5. The molecule has 0 amide bonds. The molecule has 2 atom stereocenters. The number of halogens is 1. The lowest BCUT2D eigenvalue weighted by Gasteiger charge is -2.23. The number of hydrogen-bond acceptors (Lipinski definition) is 3. The summed E-state index contributed by atoms with van der Waals surface area (Å²) in [5.74, 6) is 0.751. The quantitative estimate of drug-likeness (QED) is 0.370. The van der Waals surface area contributed by atoms with E-state index in [1.165, 1.54) is 5.56 Å². The van der Waals surface area contributed by atoms with Crippen molar-refractivity contribution in [1.29, 1.82) is 0 Å². The minimum Gasteiger partial charge on any atom is -0.383 e. The van der Waals surface area contributed by atoms with Crippen LogP contribution >= 0.6 is 24.0 Å². The van der Waals surface area contributed by atoms with Crippen molar-refractivity contribution in [3.05, 3.63) is 35.4 Å². The Balaban J connectivity index is 0.00000208. The maximum atomic E-state index is 11.0. The molecule has 3 N–H and O–H groups in total. The van der Waals surface area contributed by atoms with Crippen molar-refractivity contribution in [3.63, 3.8) is 0 Å². The molecule has 1 aromatic rings. The number of aliphatic imine (C=N–C) groups is 1. The van der Waals surface area contributed by atoms with Crippen molar-refractivity contribution in [3.8, 4) is 0 Å². The van der Waals surface area contributed by atoms with Crippen molar-refractivity contribution in [1.82, 2.24) is 10.6 Å². The van der Waals surface area contributed by atoms with Gasteiger partial charge in [0.2, 0.25) is 0 Å². The van der Waals surface area contributed by atoms with E-state index in [9.17, 15) is 5.11 Å². The molecule has 1 fully saturated rings. The normalized spacial score (nSPS) is 25.9. The molecule has 1 heterocycles. The van der Waals surface area contributed by atoms with Gasteiger partial charge in [-0.15, -0.1) is 24.0 Å². The summed E-state index contributed by atoms with van der Waals surface area (Å²) in [5.41, 5.74) is 1.42. The van der Waals surface area contributed by atoms with E-state index in [-0.39, 0.29) is 30.1 Å². The Hall–Kier alpha value is -0.860. The standard InChI is InChI=1S/C18H27N3O2.HI/c1-2-19-17(20-12-15-7-5-11-23-15)21-13-18(22)10-9-14-6-3-4-8-16(14)18;/h3-4,6,8,15,22H,2,5,7,9-13H2,1H3,(H2,19,20,21);1H. The van der Waals surface area contributed by atoms with Crippen LogP contribution < -0.4 is 10.6 Å². The van der Waals surface area contributed by atoms with E-state index in [1.807, 2.05) is 25.1 Å². The number of nitrogens with zero attached hydrogens (tertiary/aromatic N) is 1. The second kappa shape index (κ2) is 9.01. The molecular weight excluding hydrogens is 417 g/mol. The van der Waals surface area contributed by atoms with Crippen LogP contribution in [-0.4, -0.2) is 43.4 Å². The molecule has 24 heavy (non-hydrogen) atoms. The molecule has 1 saturated heterocycles. The van der Waals surface area contributed by atoms with E-state index in [0.717, 1.165) is 56.9 Å². The van der Waals surface area contributed by atoms with E-state index < -0.39 is 5.60 Å². The highest BCUT2D eigenvalue weighted by atomic mass is 127. The van der Waals surface area contributed by atoms with Crippen molar-refractivity contribution in [2.75, 3.05) is 26.2 Å². The minimum absolute atomic E-state index is 0. The number of ether oxygens (including phenoxy) is 1. The number of hydrogen-bond donors (Lipinski definition) is 3. The van der Waals surface area contributed by atoms with Gasteiger partial charge in [-0.3, -0.25) is 0 Å². The molecule has 6 heteroatoms. The van der Waals surface area contributed by atoms with Crippen LogP contribution in [0, 0.1) is 0 Å². The lowest BCUT2D eigenvalue weighted by atomic mass is 9.96. The van der Waals surface area contributed by atoms with E-state index in [0.29, 0.717) is 6.54 Å². The molecule has 0 saturated carbocycles. The van der Waals surface area contributed by atoms with Gasteiger partial charge in [-0.25, -0.2) is 4.99 Å². The highest BCUT2D eigenvalue weighted by Gasteiger charge is 2.36. The minimum atomic E-state index is -0.844. The first-order valence-corrected chi connectivity index (χ1v) is 8.66. The Morgan fingerprint density at radius 2 is 2.21 bits per heavy atom. The Morgan fingerprint density at radius 3 is 2.96 bits per heavy atom. The van der Waals surface area contributed by atoms with Crippen molar-refractivity contribution in [2.24, 2.45) is 4.99 Å². The van der Waals surface area contributed by atoms with Gasteiger partial charge in [0.1, 0.15) is 5.60 Å². The number of guanidine groups is 1. The molecular formula is C18H28IN3O2. The number of aryl methyl sites for hydroxylation is 1. The van der Waals surface area contributed by atoms with Crippen LogP contribution in [-0.2, 0) is 16.8 Å². The van der Waals surface area contributed by atoms with Gasteiger partial charge in [0.25, 0.3) is 0 Å². The summed E-state index contributed by atoms with van der Waals surface area (Å²) >= 11 is 0. The van der Waals surface area contributed by atoms with Crippen molar-refractivity contribution >= 4 is 29.9 Å². The summed E-state index contributed by atoms with van der Waals surface area (Å²) in [4.78, 5) is 4.62. The number of benzene rings is 1. The smallest absolute Gasteiger partial charge is 0.191 e. The number of aliphatic hydroxyl groups is 1. The van der Waals surface area contributed by atoms with E-state index in [1.54, 1.807) is 0 Å². The van der Waals surface area contributed by atoms with Gasteiger partial charge in [0.05, 0.1) is 12.6 Å². The zero-order chi connectivity index (χ0) is 16.1. The predicted molar refractivity (Wildman–Crippen MR) is 107 cm³/mol. The summed E-state index contributed by atoms with van der Waals surface area (Å²) in [7, 11) is 0. The van der Waals surface area contributed by atoms with Crippen LogP contribution in [0.15, 0.2) is 29.3 Å². The zero-order valence-corrected chi connectivity index (χ0v) is 16.6. The summed E-state index contributed by atoms with van der Waals surface area (Å²) in [5, 5.41) is 17.5. The van der Waals surface area contributed by atoms with Crippen LogP contribution in [0.2, 0.25) is 0 Å². The second-order valence-corrected chi connectivity index (χ2v) is 6.40. The number of nitrogens with one attached hydrogen (secondary N) is 2. The third-order valence-electron chi connectivity index (χ3n) is 4.69. The first-order chi connectivity index (χ1) is 11.2. The summed E-state index contributed by atoms with van der Waals surface area (Å²) in [6.07, 6.45) is 4.16. The van der Waals surface area contributed by atoms with Crippen LogP contribution in [0.4, 0.5) is 0 Å². The van der Waals surface area contributed by atoms with Gasteiger partial charge in [-0.05, 0) is 43.7 Å². The van der Waals surface area contributed by atoms with Gasteiger partial charge in [-0.2, -0.15) is 0 Å². The monoisotopic (exact) mass is 445 g/mol. The fraction of sp³-hybridized carbons (Fsp3) is 0.611. The largest absolute Gasteiger partial charge is 0.383 e. The molecule has 1 aliphatic heterocycles. The Kier molecular flexibility index (Phi) is 7.31. The fourth-order valence-corrected chi connectivity index (χ4v) is 3.40. The van der Waals surface area contributed by atoms with Crippen LogP contribution in [0.3, 0.4) is 0 Å². The molecule has 3 rings (SSSR count). The van der Waals surface area contributed by atoms with Gasteiger partial charge in [0.15, 0.2) is 5.96 Å². The Morgan fingerprint density at radius 1 is 1.38 bits per heavy atom. The molecule has 1 aliphatic carbocycles. The summed E-state index contributed by atoms with van der Waals surface area (Å²) in [6.45, 7) is 4.84. The summed E-state index contributed by atoms with van der Waals surface area (Å²) < 4.78 is 5.63. The Labute approximate surface area is 161 Å². The zero-order valence-electron chi connectivity index (χ0n) is 14.3. The SMILES string of the molecule is CCNC(=NCC1(O)CCc2ccccc21)NCC1CCCO1.I. The van der Waals surface area contributed by atoms with E-state index >= 15 is 0 Å². The van der Waals surface area contributed by atoms with E-state index in [4.69, 9.17) is 4.74 Å². The number of fused-ring (bicyclic) bond motifs is 1. The lowest BCUT2D eigenvalue weighted by molar-refractivity contribution is 0.0485. The van der Waals surface area contributed by atoms with Gasteiger partial charge in [0, 0.05) is 19.7 Å². The maximum Gasteiger partial charge on any atom is 0.191 e. The van der Waals surface area contributed by atoms with Gasteiger partial charge >= 0.3 is 0 Å². The highest BCUT2D eigenvalue weighted by molar-refractivity contribution is 14.0. The van der Waals surface area contributed by atoms with Gasteiger partial charge < -0.3 is 20.5 Å². The second-order valence-electron chi connectivity index (χ2n) is 6.40. The predicted octanol–water partition coefficient (Wildman–Crippen LogP) is 2.17. The molecule has 2 unspecified atom stereocenters. The first-order valence-electron chi connectivity index (χ1n) is 8.66. The molecule has 2 aliphatic rings. The van der Waals surface area contributed by atoms with Crippen molar-refractivity contribution in [2.45, 2.75) is 44.3 Å². The Bertz CT molecular complexity index is 561. The van der Waals surface area contributed by atoms with E-state index in [2.05, 4.69) is 21.7 Å². The molecule has 0 spiro atoms. The highest BCUT2D eigenvalue weighted by Crippen LogP contribution is 2.36. The molecule has 1 aromatic carbocycles. The van der Waals surface area contributed by atoms with Crippen LogP contribution in [0.1, 0.15) is 37.3 Å². The molecule has 0 bridgehead atoms. The van der Waals surface area contributed by atoms with Gasteiger partial charge in [-0.1, -0.05) is 24.3 Å². The molecule has 5 nitrogen and oxygen atoms in total.